The zero-order valence-corrected chi connectivity index (χ0v) is 9.97. The molecule has 1 heterocycles. The number of benzene rings is 1. The molecule has 1 aromatic carbocycles. The standard InChI is InChI=1S/C12H16N4O/c1-8(6-13)12(17)16(2)9-3-4-10-11(5-9)15-7-14-10/h3-5,7-8H,6,13H2,1-2H3,(H,14,15). The van der Waals surface area contributed by atoms with Crippen molar-refractivity contribution in [1.29, 1.82) is 0 Å². The van der Waals surface area contributed by atoms with Crippen molar-refractivity contribution in [3.05, 3.63) is 24.5 Å². The van der Waals surface area contributed by atoms with Gasteiger partial charge in [0.2, 0.25) is 5.91 Å². The molecule has 0 spiro atoms. The van der Waals surface area contributed by atoms with Crippen LogP contribution < -0.4 is 10.6 Å². The molecule has 0 saturated carbocycles. The average Bonchev–Trinajstić information content (AvgIpc) is 2.83. The third kappa shape index (κ3) is 2.14. The fraction of sp³-hybridized carbons (Fsp3) is 0.333. The van der Waals surface area contributed by atoms with Crippen molar-refractivity contribution in [2.45, 2.75) is 6.92 Å². The van der Waals surface area contributed by atoms with Crippen LogP contribution in [0.25, 0.3) is 11.0 Å². The zero-order chi connectivity index (χ0) is 12.4. The Morgan fingerprint density at radius 1 is 1.59 bits per heavy atom. The number of nitrogens with zero attached hydrogens (tertiary/aromatic N) is 2. The van der Waals surface area contributed by atoms with E-state index in [1.54, 1.807) is 18.3 Å². The quantitative estimate of drug-likeness (QED) is 0.832. The number of amides is 1. The molecule has 2 rings (SSSR count). The molecule has 2 aromatic rings. The van der Waals surface area contributed by atoms with Gasteiger partial charge in [-0.05, 0) is 18.2 Å². The minimum absolute atomic E-state index is 0.0198. The maximum absolute atomic E-state index is 12.0. The highest BCUT2D eigenvalue weighted by Crippen LogP contribution is 2.19. The van der Waals surface area contributed by atoms with Crippen LogP contribution >= 0.6 is 0 Å². The molecule has 1 unspecified atom stereocenters. The second-order valence-electron chi connectivity index (χ2n) is 4.14. The molecule has 5 heteroatoms. The van der Waals surface area contributed by atoms with Gasteiger partial charge >= 0.3 is 0 Å². The number of aromatic nitrogens is 2. The molecule has 0 aliphatic rings. The summed E-state index contributed by atoms with van der Waals surface area (Å²) < 4.78 is 0. The maximum atomic E-state index is 12.0. The Labute approximate surface area is 99.6 Å². The van der Waals surface area contributed by atoms with Gasteiger partial charge in [0.1, 0.15) is 0 Å². The Hall–Kier alpha value is -1.88. The molecule has 17 heavy (non-hydrogen) atoms. The number of aromatic amines is 1. The van der Waals surface area contributed by atoms with Crippen LogP contribution in [-0.4, -0.2) is 29.5 Å². The summed E-state index contributed by atoms with van der Waals surface area (Å²) >= 11 is 0. The summed E-state index contributed by atoms with van der Waals surface area (Å²) in [6.07, 6.45) is 1.64. The van der Waals surface area contributed by atoms with E-state index in [0.29, 0.717) is 6.54 Å². The molecule has 0 aliphatic carbocycles. The van der Waals surface area contributed by atoms with Gasteiger partial charge in [-0.2, -0.15) is 0 Å². The molecule has 0 radical (unpaired) electrons. The minimum atomic E-state index is -0.169. The number of fused-ring (bicyclic) bond motifs is 1. The molecule has 0 saturated heterocycles. The summed E-state index contributed by atoms with van der Waals surface area (Å²) in [5.41, 5.74) is 8.15. The highest BCUT2D eigenvalue weighted by atomic mass is 16.2. The Morgan fingerprint density at radius 2 is 2.35 bits per heavy atom. The molecule has 0 fully saturated rings. The first-order valence-electron chi connectivity index (χ1n) is 5.54. The number of nitrogens with one attached hydrogen (secondary N) is 1. The second kappa shape index (κ2) is 4.55. The average molecular weight is 232 g/mol. The Balaban J connectivity index is 2.29. The van der Waals surface area contributed by atoms with Crippen LogP contribution in [0.5, 0.6) is 0 Å². The van der Waals surface area contributed by atoms with Crippen LogP contribution in [0.3, 0.4) is 0 Å². The number of carbonyl (C=O) groups excluding carboxylic acids is 1. The van der Waals surface area contributed by atoms with Crippen LogP contribution in [0, 0.1) is 5.92 Å². The molecule has 3 N–H and O–H groups in total. The van der Waals surface area contributed by atoms with E-state index < -0.39 is 0 Å². The summed E-state index contributed by atoms with van der Waals surface area (Å²) in [5.74, 6) is -0.149. The van der Waals surface area contributed by atoms with Crippen LogP contribution in [0.4, 0.5) is 5.69 Å². The van der Waals surface area contributed by atoms with Crippen molar-refractivity contribution in [2.24, 2.45) is 11.7 Å². The van der Waals surface area contributed by atoms with Gasteiger partial charge in [-0.15, -0.1) is 0 Å². The molecule has 90 valence electrons. The zero-order valence-electron chi connectivity index (χ0n) is 9.97. The second-order valence-corrected chi connectivity index (χ2v) is 4.14. The summed E-state index contributed by atoms with van der Waals surface area (Å²) in [6, 6.07) is 5.67. The molecule has 0 aliphatic heterocycles. The molecular formula is C12H16N4O. The molecule has 5 nitrogen and oxygen atoms in total. The summed E-state index contributed by atoms with van der Waals surface area (Å²) in [5, 5.41) is 0. The van der Waals surface area contributed by atoms with Gasteiger partial charge in [0.25, 0.3) is 0 Å². The van der Waals surface area contributed by atoms with Gasteiger partial charge in [0.15, 0.2) is 0 Å². The number of nitrogens with two attached hydrogens (primary N) is 1. The third-order valence-electron chi connectivity index (χ3n) is 2.90. The van der Waals surface area contributed by atoms with Crippen LogP contribution in [-0.2, 0) is 4.79 Å². The topological polar surface area (TPSA) is 75.0 Å². The monoisotopic (exact) mass is 232 g/mol. The first-order valence-corrected chi connectivity index (χ1v) is 5.54. The Kier molecular flexibility index (Phi) is 3.10. The predicted molar refractivity (Wildman–Crippen MR) is 67.7 cm³/mol. The van der Waals surface area contributed by atoms with Gasteiger partial charge < -0.3 is 15.6 Å². The van der Waals surface area contributed by atoms with Gasteiger partial charge in [-0.25, -0.2) is 4.98 Å². The van der Waals surface area contributed by atoms with E-state index in [-0.39, 0.29) is 11.8 Å². The van der Waals surface area contributed by atoms with E-state index >= 15 is 0 Å². The van der Waals surface area contributed by atoms with Crippen LogP contribution in [0.2, 0.25) is 0 Å². The lowest BCUT2D eigenvalue weighted by Gasteiger charge is -2.20. The summed E-state index contributed by atoms with van der Waals surface area (Å²) in [7, 11) is 1.76. The number of carbonyl (C=O) groups is 1. The molecule has 1 atom stereocenters. The first kappa shape index (κ1) is 11.6. The van der Waals surface area contributed by atoms with E-state index in [1.807, 2.05) is 25.1 Å². The minimum Gasteiger partial charge on any atom is -0.345 e. The number of imidazole rings is 1. The van der Waals surface area contributed by atoms with E-state index in [0.717, 1.165) is 16.7 Å². The first-order chi connectivity index (χ1) is 8.13. The SMILES string of the molecule is CC(CN)C(=O)N(C)c1ccc2nc[nH]c2c1. The lowest BCUT2D eigenvalue weighted by molar-refractivity contribution is -0.121. The Morgan fingerprint density at radius 3 is 3.06 bits per heavy atom. The lowest BCUT2D eigenvalue weighted by atomic mass is 10.1. The van der Waals surface area contributed by atoms with Gasteiger partial charge in [0, 0.05) is 25.2 Å². The van der Waals surface area contributed by atoms with E-state index in [9.17, 15) is 4.79 Å². The number of hydrogen-bond donors (Lipinski definition) is 2. The van der Waals surface area contributed by atoms with Crippen molar-refractivity contribution >= 4 is 22.6 Å². The van der Waals surface area contributed by atoms with Crippen molar-refractivity contribution < 1.29 is 4.79 Å². The fourth-order valence-electron chi connectivity index (χ4n) is 1.69. The third-order valence-corrected chi connectivity index (χ3v) is 2.90. The van der Waals surface area contributed by atoms with E-state index in [1.165, 1.54) is 0 Å². The highest BCUT2D eigenvalue weighted by molar-refractivity contribution is 5.96. The Bertz CT molecular complexity index is 534. The number of anilines is 1. The van der Waals surface area contributed by atoms with Gasteiger partial charge in [-0.1, -0.05) is 6.92 Å². The van der Waals surface area contributed by atoms with Crippen LogP contribution in [0.15, 0.2) is 24.5 Å². The van der Waals surface area contributed by atoms with Crippen molar-refractivity contribution in [3.8, 4) is 0 Å². The lowest BCUT2D eigenvalue weighted by Crippen LogP contribution is -2.35. The van der Waals surface area contributed by atoms with Crippen molar-refractivity contribution in [1.82, 2.24) is 9.97 Å². The number of hydrogen-bond acceptors (Lipinski definition) is 3. The maximum Gasteiger partial charge on any atom is 0.230 e. The summed E-state index contributed by atoms with van der Waals surface area (Å²) in [4.78, 5) is 20.8. The largest absolute Gasteiger partial charge is 0.345 e. The van der Waals surface area contributed by atoms with E-state index in [4.69, 9.17) is 5.73 Å². The number of rotatable bonds is 3. The van der Waals surface area contributed by atoms with Gasteiger partial charge in [0.05, 0.1) is 17.4 Å². The molecule has 1 amide bonds. The van der Waals surface area contributed by atoms with E-state index in [2.05, 4.69) is 9.97 Å². The smallest absolute Gasteiger partial charge is 0.230 e. The normalized spacial score (nSPS) is 12.6. The van der Waals surface area contributed by atoms with Crippen molar-refractivity contribution in [3.63, 3.8) is 0 Å². The summed E-state index contributed by atoms with van der Waals surface area (Å²) in [6.45, 7) is 2.18. The fourth-order valence-corrected chi connectivity index (χ4v) is 1.69. The molecule has 0 bridgehead atoms. The van der Waals surface area contributed by atoms with Crippen LogP contribution in [0.1, 0.15) is 6.92 Å². The number of H-pyrrole nitrogens is 1. The van der Waals surface area contributed by atoms with Crippen molar-refractivity contribution in [2.75, 3.05) is 18.5 Å². The highest BCUT2D eigenvalue weighted by Gasteiger charge is 2.17. The molecule has 1 aromatic heterocycles. The molecular weight excluding hydrogens is 216 g/mol. The van der Waals surface area contributed by atoms with Gasteiger partial charge in [-0.3, -0.25) is 4.79 Å². The predicted octanol–water partition coefficient (Wildman–Crippen LogP) is 1.12.